The Kier molecular flexibility index (Phi) is 3.20. The highest BCUT2D eigenvalue weighted by molar-refractivity contribution is 7.09. The van der Waals surface area contributed by atoms with E-state index in [0.29, 0.717) is 0 Å². The van der Waals surface area contributed by atoms with Crippen LogP contribution in [0.5, 0.6) is 0 Å². The molecule has 0 fully saturated rings. The largest absolute Gasteiger partial charge is 0.323 e. The maximum Gasteiger partial charge on any atom is 0.107 e. The summed E-state index contributed by atoms with van der Waals surface area (Å²) in [5, 5.41) is 3.16. The molecule has 0 aliphatic rings. The second kappa shape index (κ2) is 3.98. The molecule has 0 saturated carbocycles. The molecule has 1 atom stereocenters. The van der Waals surface area contributed by atoms with Gasteiger partial charge in [0.25, 0.3) is 0 Å². The van der Waals surface area contributed by atoms with Crippen LogP contribution in [0.15, 0.2) is 5.38 Å². The fourth-order valence-electron chi connectivity index (χ4n) is 0.877. The van der Waals surface area contributed by atoms with Gasteiger partial charge in [-0.15, -0.1) is 11.3 Å². The van der Waals surface area contributed by atoms with Crippen LogP contribution in [0.1, 0.15) is 23.7 Å². The predicted molar refractivity (Wildman–Crippen MR) is 52.1 cm³/mol. The van der Waals surface area contributed by atoms with Crippen LogP contribution in [0.4, 0.5) is 0 Å². The van der Waals surface area contributed by atoms with E-state index >= 15 is 0 Å². The summed E-state index contributed by atoms with van der Waals surface area (Å²) >= 11 is 1.67. The van der Waals surface area contributed by atoms with Crippen LogP contribution in [0.25, 0.3) is 0 Å². The van der Waals surface area contributed by atoms with E-state index in [0.717, 1.165) is 17.2 Å². The lowest BCUT2D eigenvalue weighted by molar-refractivity contribution is 0.401. The summed E-state index contributed by atoms with van der Waals surface area (Å²) < 4.78 is 0. The van der Waals surface area contributed by atoms with E-state index in [2.05, 4.69) is 9.88 Å². The van der Waals surface area contributed by atoms with Gasteiger partial charge >= 0.3 is 0 Å². The summed E-state index contributed by atoms with van der Waals surface area (Å²) in [6, 6.07) is 0.0529. The van der Waals surface area contributed by atoms with Crippen molar-refractivity contribution in [1.82, 2.24) is 9.88 Å². The molecule has 1 aromatic rings. The first-order valence-corrected chi connectivity index (χ1v) is 4.82. The van der Waals surface area contributed by atoms with Crippen LogP contribution in [0.3, 0.4) is 0 Å². The van der Waals surface area contributed by atoms with Crippen LogP contribution >= 0.6 is 11.3 Å². The summed E-state index contributed by atoms with van der Waals surface area (Å²) in [5.74, 6) is 0. The molecule has 12 heavy (non-hydrogen) atoms. The Morgan fingerprint density at radius 2 is 2.33 bits per heavy atom. The van der Waals surface area contributed by atoms with Gasteiger partial charge in [0.1, 0.15) is 5.01 Å². The van der Waals surface area contributed by atoms with Gasteiger partial charge in [0.05, 0.1) is 5.69 Å². The average Bonchev–Trinajstić information content (AvgIpc) is 2.34. The minimum absolute atomic E-state index is 0.0529. The topological polar surface area (TPSA) is 42.1 Å². The highest BCUT2D eigenvalue weighted by atomic mass is 32.1. The normalized spacial score (nSPS) is 13.8. The Bertz CT molecular complexity index is 242. The molecule has 1 aromatic heterocycles. The average molecular weight is 185 g/mol. The molecule has 1 heterocycles. The van der Waals surface area contributed by atoms with Crippen molar-refractivity contribution in [3.05, 3.63) is 16.1 Å². The molecule has 0 amide bonds. The number of aromatic nitrogens is 1. The summed E-state index contributed by atoms with van der Waals surface area (Å²) in [4.78, 5) is 6.50. The summed E-state index contributed by atoms with van der Waals surface area (Å²) in [6.45, 7) is 2.85. The molecule has 0 spiro atoms. The number of hydrogen-bond acceptors (Lipinski definition) is 4. The van der Waals surface area contributed by atoms with E-state index in [1.165, 1.54) is 0 Å². The second-order valence-corrected chi connectivity index (χ2v) is 4.14. The molecule has 68 valence electrons. The van der Waals surface area contributed by atoms with E-state index in [4.69, 9.17) is 5.73 Å². The number of rotatable bonds is 3. The number of hydrogen-bond donors (Lipinski definition) is 1. The van der Waals surface area contributed by atoms with Gasteiger partial charge in [-0.05, 0) is 21.0 Å². The first kappa shape index (κ1) is 9.64. The molecule has 1 rings (SSSR count). The van der Waals surface area contributed by atoms with Crippen LogP contribution in [-0.4, -0.2) is 24.0 Å². The molecule has 0 aliphatic carbocycles. The van der Waals surface area contributed by atoms with Crippen LogP contribution < -0.4 is 5.73 Å². The first-order valence-electron chi connectivity index (χ1n) is 3.94. The number of thiazole rings is 1. The molecule has 0 aliphatic heterocycles. The quantitative estimate of drug-likeness (QED) is 0.770. The third-order valence-electron chi connectivity index (χ3n) is 1.49. The fraction of sp³-hybridized carbons (Fsp3) is 0.625. The highest BCUT2D eigenvalue weighted by Crippen LogP contribution is 2.15. The van der Waals surface area contributed by atoms with Crippen LogP contribution in [0, 0.1) is 0 Å². The van der Waals surface area contributed by atoms with Crippen molar-refractivity contribution < 1.29 is 0 Å². The highest BCUT2D eigenvalue weighted by Gasteiger charge is 2.05. The standard InChI is InChI=1S/C8H15N3S/c1-6(9)7-5-12-8(10-7)4-11(2)3/h5-6H,4,9H2,1-3H3. The molecule has 2 N–H and O–H groups in total. The van der Waals surface area contributed by atoms with Crippen molar-refractivity contribution in [2.45, 2.75) is 19.5 Å². The van der Waals surface area contributed by atoms with E-state index in [-0.39, 0.29) is 6.04 Å². The van der Waals surface area contributed by atoms with Gasteiger partial charge in [0.15, 0.2) is 0 Å². The van der Waals surface area contributed by atoms with Gasteiger partial charge in [-0.3, -0.25) is 0 Å². The molecule has 0 aromatic carbocycles. The second-order valence-electron chi connectivity index (χ2n) is 3.19. The molecule has 0 saturated heterocycles. The lowest BCUT2D eigenvalue weighted by Gasteiger charge is -2.05. The third kappa shape index (κ3) is 2.55. The Morgan fingerprint density at radius 1 is 1.67 bits per heavy atom. The van der Waals surface area contributed by atoms with Crippen molar-refractivity contribution in [2.24, 2.45) is 5.73 Å². The van der Waals surface area contributed by atoms with Gasteiger partial charge < -0.3 is 10.6 Å². The van der Waals surface area contributed by atoms with Gasteiger partial charge in [-0.2, -0.15) is 0 Å². The minimum atomic E-state index is 0.0529. The Hall–Kier alpha value is -0.450. The SMILES string of the molecule is CC(N)c1csc(CN(C)C)n1. The Morgan fingerprint density at radius 3 is 2.75 bits per heavy atom. The zero-order valence-electron chi connectivity index (χ0n) is 7.74. The Balaban J connectivity index is 2.64. The van der Waals surface area contributed by atoms with Crippen molar-refractivity contribution in [3.8, 4) is 0 Å². The summed E-state index contributed by atoms with van der Waals surface area (Å²) in [7, 11) is 4.07. The summed E-state index contributed by atoms with van der Waals surface area (Å²) in [5.41, 5.74) is 6.69. The lowest BCUT2D eigenvalue weighted by Crippen LogP contribution is -2.11. The molecular weight excluding hydrogens is 170 g/mol. The molecule has 3 nitrogen and oxygen atoms in total. The van der Waals surface area contributed by atoms with Crippen molar-refractivity contribution in [2.75, 3.05) is 14.1 Å². The zero-order valence-corrected chi connectivity index (χ0v) is 8.56. The van der Waals surface area contributed by atoms with Gasteiger partial charge in [0, 0.05) is 18.0 Å². The molecule has 1 unspecified atom stereocenters. The first-order chi connectivity index (χ1) is 5.59. The third-order valence-corrected chi connectivity index (χ3v) is 2.34. The number of nitrogens with two attached hydrogens (primary N) is 1. The van der Waals surface area contributed by atoms with Crippen molar-refractivity contribution >= 4 is 11.3 Å². The molecule has 0 radical (unpaired) electrons. The van der Waals surface area contributed by atoms with Crippen LogP contribution in [-0.2, 0) is 6.54 Å². The van der Waals surface area contributed by atoms with E-state index in [1.807, 2.05) is 26.4 Å². The minimum Gasteiger partial charge on any atom is -0.323 e. The van der Waals surface area contributed by atoms with Crippen molar-refractivity contribution in [1.29, 1.82) is 0 Å². The fourth-order valence-corrected chi connectivity index (χ4v) is 1.89. The van der Waals surface area contributed by atoms with Crippen molar-refractivity contribution in [3.63, 3.8) is 0 Å². The molecule has 0 bridgehead atoms. The number of nitrogens with zero attached hydrogens (tertiary/aromatic N) is 2. The zero-order chi connectivity index (χ0) is 9.14. The summed E-state index contributed by atoms with van der Waals surface area (Å²) in [6.07, 6.45) is 0. The lowest BCUT2D eigenvalue weighted by atomic mass is 10.3. The molecule has 4 heteroatoms. The molecular formula is C8H15N3S. The van der Waals surface area contributed by atoms with Gasteiger partial charge in [-0.1, -0.05) is 0 Å². The van der Waals surface area contributed by atoms with E-state index in [1.54, 1.807) is 11.3 Å². The van der Waals surface area contributed by atoms with Gasteiger partial charge in [0.2, 0.25) is 0 Å². The van der Waals surface area contributed by atoms with E-state index in [9.17, 15) is 0 Å². The maximum absolute atomic E-state index is 5.69. The monoisotopic (exact) mass is 185 g/mol. The Labute approximate surface area is 77.2 Å². The van der Waals surface area contributed by atoms with Crippen LogP contribution in [0.2, 0.25) is 0 Å². The van der Waals surface area contributed by atoms with E-state index < -0.39 is 0 Å². The smallest absolute Gasteiger partial charge is 0.107 e. The maximum atomic E-state index is 5.69. The predicted octanol–water partition coefficient (Wildman–Crippen LogP) is 1.22. The van der Waals surface area contributed by atoms with Gasteiger partial charge in [-0.25, -0.2) is 4.98 Å².